The fourth-order valence-corrected chi connectivity index (χ4v) is 3.20. The summed E-state index contributed by atoms with van der Waals surface area (Å²) in [7, 11) is 1.62. The highest BCUT2D eigenvalue weighted by Crippen LogP contribution is 2.29. The summed E-state index contributed by atoms with van der Waals surface area (Å²) < 4.78 is 10.9. The Kier molecular flexibility index (Phi) is 4.68. The molecule has 7 nitrogen and oxygen atoms in total. The molecule has 2 N–H and O–H groups in total. The van der Waals surface area contributed by atoms with Gasteiger partial charge in [0.2, 0.25) is 11.8 Å². The molecule has 2 heterocycles. The molecule has 4 rings (SSSR count). The van der Waals surface area contributed by atoms with Crippen molar-refractivity contribution < 1.29 is 13.9 Å². The van der Waals surface area contributed by atoms with Crippen LogP contribution in [-0.2, 0) is 4.79 Å². The van der Waals surface area contributed by atoms with E-state index in [1.807, 2.05) is 24.3 Å². The molecule has 1 fully saturated rings. The number of hydrogen-bond donors (Lipinski definition) is 2. The topological polar surface area (TPSA) is 89.3 Å². The van der Waals surface area contributed by atoms with Gasteiger partial charge in [0.1, 0.15) is 11.8 Å². The number of aromatic nitrogens is 2. The number of anilines is 1. The van der Waals surface area contributed by atoms with Crippen molar-refractivity contribution in [3.05, 3.63) is 59.1 Å². The highest BCUT2D eigenvalue weighted by Gasteiger charge is 2.36. The first-order chi connectivity index (χ1) is 13.1. The normalized spacial score (nSPS) is 19.0. The van der Waals surface area contributed by atoms with Gasteiger partial charge in [-0.2, -0.15) is 0 Å². The molecule has 27 heavy (non-hydrogen) atoms. The number of benzene rings is 2. The minimum atomic E-state index is -0.503. The average Bonchev–Trinajstić information content (AvgIpc) is 3.30. The van der Waals surface area contributed by atoms with Crippen molar-refractivity contribution in [1.29, 1.82) is 0 Å². The van der Waals surface area contributed by atoms with E-state index < -0.39 is 6.04 Å². The molecule has 2 aromatic carbocycles. The van der Waals surface area contributed by atoms with E-state index >= 15 is 0 Å². The number of amides is 1. The van der Waals surface area contributed by atoms with Gasteiger partial charge in [-0.1, -0.05) is 28.8 Å². The van der Waals surface area contributed by atoms with Crippen LogP contribution in [0.3, 0.4) is 0 Å². The molecule has 0 radical (unpaired) electrons. The van der Waals surface area contributed by atoms with Gasteiger partial charge >= 0.3 is 6.01 Å². The van der Waals surface area contributed by atoms with Crippen LogP contribution in [0.1, 0.15) is 11.5 Å². The summed E-state index contributed by atoms with van der Waals surface area (Å²) in [4.78, 5) is 12.3. The Labute approximate surface area is 160 Å². The van der Waals surface area contributed by atoms with E-state index in [2.05, 4.69) is 20.8 Å². The van der Waals surface area contributed by atoms with Crippen molar-refractivity contribution in [3.8, 4) is 17.2 Å². The lowest BCUT2D eigenvalue weighted by molar-refractivity contribution is -0.119. The lowest BCUT2D eigenvalue weighted by atomic mass is 9.94. The molecular formula is C19H17ClN4O3. The lowest BCUT2D eigenvalue weighted by Gasteiger charge is -2.17. The molecule has 1 aliphatic heterocycles. The van der Waals surface area contributed by atoms with Crippen molar-refractivity contribution in [2.45, 2.75) is 12.0 Å². The summed E-state index contributed by atoms with van der Waals surface area (Å²) in [6.45, 7) is 0.529. The molecule has 2 atom stereocenters. The molecule has 0 aliphatic carbocycles. The number of carbonyl (C=O) groups excluding carboxylic acids is 1. The Balaban J connectivity index is 1.53. The van der Waals surface area contributed by atoms with Crippen LogP contribution in [0.2, 0.25) is 5.02 Å². The van der Waals surface area contributed by atoms with E-state index in [1.165, 1.54) is 0 Å². The van der Waals surface area contributed by atoms with Crippen LogP contribution in [0.4, 0.5) is 6.01 Å². The Morgan fingerprint density at radius 2 is 1.89 bits per heavy atom. The van der Waals surface area contributed by atoms with E-state index in [9.17, 15) is 4.79 Å². The highest BCUT2D eigenvalue weighted by molar-refractivity contribution is 6.30. The molecule has 1 saturated heterocycles. The van der Waals surface area contributed by atoms with Gasteiger partial charge in [0.25, 0.3) is 0 Å². The molecule has 0 bridgehead atoms. The zero-order valence-corrected chi connectivity index (χ0v) is 15.2. The number of hydrogen-bond acceptors (Lipinski definition) is 6. The van der Waals surface area contributed by atoms with E-state index in [-0.39, 0.29) is 17.8 Å². The maximum absolute atomic E-state index is 12.3. The predicted molar refractivity (Wildman–Crippen MR) is 101 cm³/mol. The van der Waals surface area contributed by atoms with Crippen molar-refractivity contribution >= 4 is 23.5 Å². The third-order valence-corrected chi connectivity index (χ3v) is 4.77. The number of nitrogens with one attached hydrogen (secondary N) is 2. The lowest BCUT2D eigenvalue weighted by Crippen LogP contribution is -2.32. The van der Waals surface area contributed by atoms with E-state index in [0.29, 0.717) is 17.5 Å². The molecule has 1 aromatic heterocycles. The first-order valence-electron chi connectivity index (χ1n) is 8.41. The summed E-state index contributed by atoms with van der Waals surface area (Å²) in [5, 5.41) is 14.6. The summed E-state index contributed by atoms with van der Waals surface area (Å²) in [6.07, 6.45) is 0. The summed E-state index contributed by atoms with van der Waals surface area (Å²) in [6, 6.07) is 14.4. The van der Waals surface area contributed by atoms with Gasteiger partial charge in [-0.25, -0.2) is 0 Å². The zero-order valence-electron chi connectivity index (χ0n) is 14.5. The van der Waals surface area contributed by atoms with Crippen LogP contribution in [-0.4, -0.2) is 35.8 Å². The van der Waals surface area contributed by atoms with Crippen LogP contribution >= 0.6 is 11.6 Å². The van der Waals surface area contributed by atoms with E-state index in [0.717, 1.165) is 16.9 Å². The van der Waals surface area contributed by atoms with Crippen molar-refractivity contribution in [2.24, 2.45) is 0 Å². The Hall–Kier alpha value is -3.06. The molecule has 0 saturated carbocycles. The first kappa shape index (κ1) is 17.4. The fourth-order valence-electron chi connectivity index (χ4n) is 3.07. The van der Waals surface area contributed by atoms with Gasteiger partial charge in [-0.05, 0) is 42.0 Å². The number of halogens is 1. The second-order valence-corrected chi connectivity index (χ2v) is 6.60. The summed E-state index contributed by atoms with van der Waals surface area (Å²) in [5.41, 5.74) is 1.77. The van der Waals surface area contributed by atoms with Crippen LogP contribution in [0.5, 0.6) is 5.75 Å². The monoisotopic (exact) mass is 384 g/mol. The van der Waals surface area contributed by atoms with Crippen LogP contribution in [0, 0.1) is 0 Å². The summed E-state index contributed by atoms with van der Waals surface area (Å²) in [5.74, 6) is 0.954. The Bertz CT molecular complexity index is 940. The van der Waals surface area contributed by atoms with Gasteiger partial charge in [0, 0.05) is 23.0 Å². The first-order valence-corrected chi connectivity index (χ1v) is 8.79. The molecular weight excluding hydrogens is 368 g/mol. The zero-order chi connectivity index (χ0) is 18.8. The third kappa shape index (κ3) is 3.59. The quantitative estimate of drug-likeness (QED) is 0.702. The van der Waals surface area contributed by atoms with E-state index in [4.69, 9.17) is 20.8 Å². The largest absolute Gasteiger partial charge is 0.497 e. The number of methoxy groups -OCH3 is 1. The standard InChI is InChI=1S/C19H17ClN4O3/c1-26-14-8-4-11(5-9-14)15-10-21-17(25)16(15)22-19-24-23-18(27-19)12-2-6-13(20)7-3-12/h2-9,15-16H,10H2,1H3,(H,21,25)(H,22,24)/t15-,16-/m0/s1. The van der Waals surface area contributed by atoms with Gasteiger partial charge < -0.3 is 19.8 Å². The van der Waals surface area contributed by atoms with Crippen molar-refractivity contribution in [3.63, 3.8) is 0 Å². The van der Waals surface area contributed by atoms with Crippen LogP contribution in [0.25, 0.3) is 11.5 Å². The second kappa shape index (κ2) is 7.28. The van der Waals surface area contributed by atoms with Gasteiger partial charge in [-0.15, -0.1) is 5.10 Å². The third-order valence-electron chi connectivity index (χ3n) is 4.52. The fraction of sp³-hybridized carbons (Fsp3) is 0.211. The Morgan fingerprint density at radius 1 is 1.15 bits per heavy atom. The summed E-state index contributed by atoms with van der Waals surface area (Å²) >= 11 is 5.90. The second-order valence-electron chi connectivity index (χ2n) is 6.17. The van der Waals surface area contributed by atoms with Crippen LogP contribution in [0.15, 0.2) is 52.9 Å². The number of ether oxygens (including phenoxy) is 1. The Morgan fingerprint density at radius 3 is 2.59 bits per heavy atom. The number of rotatable bonds is 5. The minimum Gasteiger partial charge on any atom is -0.497 e. The molecule has 0 spiro atoms. The number of nitrogens with zero attached hydrogens (tertiary/aromatic N) is 2. The average molecular weight is 385 g/mol. The number of carbonyl (C=O) groups is 1. The highest BCUT2D eigenvalue weighted by atomic mass is 35.5. The maximum atomic E-state index is 12.3. The van der Waals surface area contributed by atoms with Crippen molar-refractivity contribution in [1.82, 2.24) is 15.5 Å². The van der Waals surface area contributed by atoms with E-state index in [1.54, 1.807) is 31.4 Å². The predicted octanol–water partition coefficient (Wildman–Crippen LogP) is 3.09. The molecule has 1 amide bonds. The molecule has 138 valence electrons. The molecule has 3 aromatic rings. The SMILES string of the molecule is COc1ccc([C@@H]2CNC(=O)[C@H]2Nc2nnc(-c3ccc(Cl)cc3)o2)cc1. The van der Waals surface area contributed by atoms with Crippen LogP contribution < -0.4 is 15.4 Å². The minimum absolute atomic E-state index is 0.0608. The van der Waals surface area contributed by atoms with Gasteiger partial charge in [0.15, 0.2) is 0 Å². The molecule has 1 aliphatic rings. The van der Waals surface area contributed by atoms with Crippen molar-refractivity contribution in [2.75, 3.05) is 19.0 Å². The smallest absolute Gasteiger partial charge is 0.316 e. The molecule has 0 unspecified atom stereocenters. The van der Waals surface area contributed by atoms with Gasteiger partial charge in [0.05, 0.1) is 7.11 Å². The maximum Gasteiger partial charge on any atom is 0.316 e. The molecule has 8 heteroatoms. The van der Waals surface area contributed by atoms with Gasteiger partial charge in [-0.3, -0.25) is 4.79 Å².